The van der Waals surface area contributed by atoms with E-state index in [4.69, 9.17) is 16.3 Å². The van der Waals surface area contributed by atoms with Crippen LogP contribution in [0.3, 0.4) is 0 Å². The Morgan fingerprint density at radius 3 is 2.64 bits per heavy atom. The van der Waals surface area contributed by atoms with Crippen LogP contribution in [0, 0.1) is 5.82 Å². The number of carbonyl (C=O) groups excluding carboxylic acids is 2. The van der Waals surface area contributed by atoms with E-state index < -0.39 is 17.6 Å². The first-order chi connectivity index (χ1) is 13.5. The highest BCUT2D eigenvalue weighted by molar-refractivity contribution is 6.39. The molecule has 2 amide bonds. The number of aromatic nitrogens is 1. The zero-order valence-corrected chi connectivity index (χ0v) is 16.2. The van der Waals surface area contributed by atoms with Gasteiger partial charge in [0, 0.05) is 44.3 Å². The Labute approximate surface area is 167 Å². The highest BCUT2D eigenvalue weighted by Crippen LogP contribution is 2.22. The third kappa shape index (κ3) is 4.89. The molecule has 1 atom stereocenters. The fourth-order valence-corrected chi connectivity index (χ4v) is 3.34. The molecule has 1 aromatic heterocycles. The first-order valence-electron chi connectivity index (χ1n) is 8.93. The van der Waals surface area contributed by atoms with Crippen molar-refractivity contribution in [2.75, 3.05) is 38.2 Å². The number of carbonyl (C=O) groups is 2. The summed E-state index contributed by atoms with van der Waals surface area (Å²) in [5.74, 6) is -2.21. The van der Waals surface area contributed by atoms with Gasteiger partial charge in [-0.2, -0.15) is 0 Å². The lowest BCUT2D eigenvalue weighted by molar-refractivity contribution is -0.136. The van der Waals surface area contributed by atoms with Crippen molar-refractivity contribution in [1.82, 2.24) is 14.8 Å². The number of hydrogen-bond donors (Lipinski definition) is 2. The average Bonchev–Trinajstić information content (AvgIpc) is 3.11. The molecule has 7 nitrogen and oxygen atoms in total. The fraction of sp³-hybridized carbons (Fsp3) is 0.368. The predicted molar refractivity (Wildman–Crippen MR) is 104 cm³/mol. The summed E-state index contributed by atoms with van der Waals surface area (Å²) < 4.78 is 20.6. The van der Waals surface area contributed by atoms with E-state index in [1.165, 1.54) is 12.1 Å². The molecule has 9 heteroatoms. The molecule has 1 saturated heterocycles. The van der Waals surface area contributed by atoms with Crippen LogP contribution in [0.5, 0.6) is 0 Å². The minimum Gasteiger partial charge on any atom is -0.379 e. The van der Waals surface area contributed by atoms with Crippen molar-refractivity contribution in [3.05, 3.63) is 53.1 Å². The van der Waals surface area contributed by atoms with Crippen LogP contribution in [0.1, 0.15) is 11.7 Å². The van der Waals surface area contributed by atoms with E-state index in [-0.39, 0.29) is 23.3 Å². The molecular weight excluding hydrogens is 387 g/mol. The number of benzene rings is 1. The van der Waals surface area contributed by atoms with Gasteiger partial charge in [-0.3, -0.25) is 14.5 Å². The van der Waals surface area contributed by atoms with E-state index in [1.54, 1.807) is 0 Å². The minimum absolute atomic E-state index is 0.0825. The zero-order chi connectivity index (χ0) is 20.1. The first kappa shape index (κ1) is 20.3. The Bertz CT molecular complexity index is 851. The second kappa shape index (κ2) is 9.18. The van der Waals surface area contributed by atoms with Crippen LogP contribution in [0.15, 0.2) is 36.5 Å². The van der Waals surface area contributed by atoms with Crippen molar-refractivity contribution >= 4 is 29.1 Å². The monoisotopic (exact) mass is 408 g/mol. The largest absolute Gasteiger partial charge is 0.379 e. The van der Waals surface area contributed by atoms with Gasteiger partial charge in [0.15, 0.2) is 0 Å². The molecule has 0 aliphatic carbocycles. The van der Waals surface area contributed by atoms with Gasteiger partial charge in [0.2, 0.25) is 0 Å². The number of rotatable bonds is 5. The predicted octanol–water partition coefficient (Wildman–Crippen LogP) is 1.95. The van der Waals surface area contributed by atoms with E-state index in [1.807, 2.05) is 29.9 Å². The van der Waals surface area contributed by atoms with Gasteiger partial charge >= 0.3 is 11.8 Å². The van der Waals surface area contributed by atoms with E-state index in [0.717, 1.165) is 24.8 Å². The second-order valence-corrected chi connectivity index (χ2v) is 6.91. The van der Waals surface area contributed by atoms with Gasteiger partial charge < -0.3 is 19.9 Å². The highest BCUT2D eigenvalue weighted by Gasteiger charge is 2.26. The van der Waals surface area contributed by atoms with Gasteiger partial charge in [-0.25, -0.2) is 4.39 Å². The number of ether oxygens (including phenoxy) is 1. The summed E-state index contributed by atoms with van der Waals surface area (Å²) >= 11 is 5.69. The molecular formula is C19H22ClFN4O3. The molecule has 0 spiro atoms. The van der Waals surface area contributed by atoms with Crippen molar-refractivity contribution in [3.63, 3.8) is 0 Å². The van der Waals surface area contributed by atoms with Gasteiger partial charge in [-0.15, -0.1) is 0 Å². The molecule has 150 valence electrons. The van der Waals surface area contributed by atoms with Crippen molar-refractivity contribution in [2.24, 2.45) is 7.05 Å². The number of halogens is 2. The lowest BCUT2D eigenvalue weighted by atomic mass is 10.1. The van der Waals surface area contributed by atoms with E-state index >= 15 is 0 Å². The van der Waals surface area contributed by atoms with Crippen LogP contribution in [0.2, 0.25) is 5.02 Å². The van der Waals surface area contributed by atoms with Crippen LogP contribution in [-0.2, 0) is 21.4 Å². The van der Waals surface area contributed by atoms with E-state index in [2.05, 4.69) is 15.5 Å². The Morgan fingerprint density at radius 2 is 2.00 bits per heavy atom. The number of nitrogens with one attached hydrogen (secondary N) is 2. The van der Waals surface area contributed by atoms with E-state index in [0.29, 0.717) is 13.2 Å². The Balaban J connectivity index is 1.63. The van der Waals surface area contributed by atoms with Crippen LogP contribution in [0.25, 0.3) is 0 Å². The maximum absolute atomic E-state index is 13.2. The van der Waals surface area contributed by atoms with E-state index in [9.17, 15) is 14.0 Å². The van der Waals surface area contributed by atoms with Crippen LogP contribution in [0.4, 0.5) is 10.1 Å². The van der Waals surface area contributed by atoms with Gasteiger partial charge in [0.25, 0.3) is 0 Å². The molecule has 1 fully saturated rings. The molecule has 0 bridgehead atoms. The Kier molecular flexibility index (Phi) is 6.66. The number of nitrogens with zero attached hydrogens (tertiary/aromatic N) is 2. The van der Waals surface area contributed by atoms with Crippen molar-refractivity contribution in [2.45, 2.75) is 6.04 Å². The van der Waals surface area contributed by atoms with Crippen LogP contribution >= 0.6 is 11.6 Å². The number of morpholine rings is 1. The average molecular weight is 409 g/mol. The highest BCUT2D eigenvalue weighted by atomic mass is 35.5. The topological polar surface area (TPSA) is 75.6 Å². The molecule has 0 saturated carbocycles. The van der Waals surface area contributed by atoms with Gasteiger partial charge in [-0.1, -0.05) is 11.6 Å². The summed E-state index contributed by atoms with van der Waals surface area (Å²) in [6.07, 6.45) is 1.94. The molecule has 0 unspecified atom stereocenters. The standard InChI is InChI=1S/C19H22ClFN4O3/c1-24-6-2-3-16(24)17(25-7-9-28-10-8-25)12-22-18(26)19(27)23-13-4-5-15(21)14(20)11-13/h2-6,11,17H,7-10,12H2,1H3,(H,22,26)(H,23,27)/t17-/m0/s1. The number of amides is 2. The molecule has 1 aromatic carbocycles. The molecule has 1 aliphatic rings. The number of hydrogen-bond acceptors (Lipinski definition) is 4. The number of anilines is 1. The van der Waals surface area contributed by atoms with Crippen LogP contribution in [-0.4, -0.2) is 54.1 Å². The summed E-state index contributed by atoms with van der Waals surface area (Å²) in [4.78, 5) is 26.6. The maximum atomic E-state index is 13.2. The molecule has 2 N–H and O–H groups in total. The third-order valence-electron chi connectivity index (χ3n) is 4.65. The molecule has 2 heterocycles. The Hall–Kier alpha value is -2.42. The lowest BCUT2D eigenvalue weighted by Gasteiger charge is -2.34. The van der Waals surface area contributed by atoms with Gasteiger partial charge in [0.05, 0.1) is 24.3 Å². The molecule has 28 heavy (non-hydrogen) atoms. The fourth-order valence-electron chi connectivity index (χ4n) is 3.16. The number of aryl methyl sites for hydroxylation is 1. The zero-order valence-electron chi connectivity index (χ0n) is 15.5. The summed E-state index contributed by atoms with van der Waals surface area (Å²) in [7, 11) is 1.94. The summed E-state index contributed by atoms with van der Waals surface area (Å²) in [6, 6.07) is 7.57. The van der Waals surface area contributed by atoms with Crippen molar-refractivity contribution in [3.8, 4) is 0 Å². The normalized spacial score (nSPS) is 15.8. The minimum atomic E-state index is -0.838. The maximum Gasteiger partial charge on any atom is 0.313 e. The van der Waals surface area contributed by atoms with Gasteiger partial charge in [0.1, 0.15) is 5.82 Å². The van der Waals surface area contributed by atoms with Gasteiger partial charge in [-0.05, 0) is 30.3 Å². The molecule has 3 rings (SSSR count). The third-order valence-corrected chi connectivity index (χ3v) is 4.94. The summed E-state index contributed by atoms with van der Waals surface area (Å²) in [5, 5.41) is 4.98. The second-order valence-electron chi connectivity index (χ2n) is 6.50. The Morgan fingerprint density at radius 1 is 1.25 bits per heavy atom. The SMILES string of the molecule is Cn1cccc1[C@H](CNC(=O)C(=O)Nc1ccc(F)c(Cl)c1)N1CCOCC1. The van der Waals surface area contributed by atoms with Crippen molar-refractivity contribution in [1.29, 1.82) is 0 Å². The summed E-state index contributed by atoms with van der Waals surface area (Å²) in [5.41, 5.74) is 1.28. The first-order valence-corrected chi connectivity index (χ1v) is 9.31. The molecule has 0 radical (unpaired) electrons. The molecule has 2 aromatic rings. The van der Waals surface area contributed by atoms with Crippen LogP contribution < -0.4 is 10.6 Å². The smallest absolute Gasteiger partial charge is 0.313 e. The quantitative estimate of drug-likeness (QED) is 0.741. The van der Waals surface area contributed by atoms with Crippen molar-refractivity contribution < 1.29 is 18.7 Å². The summed E-state index contributed by atoms with van der Waals surface area (Å²) in [6.45, 7) is 3.01. The molecule has 1 aliphatic heterocycles. The lowest BCUT2D eigenvalue weighted by Crippen LogP contribution is -2.46.